The van der Waals surface area contributed by atoms with E-state index in [1.807, 2.05) is 6.92 Å². The van der Waals surface area contributed by atoms with Gasteiger partial charge in [-0.25, -0.2) is 13.1 Å². The smallest absolute Gasteiger partial charge is 0.213 e. The van der Waals surface area contributed by atoms with Gasteiger partial charge in [0.05, 0.1) is 17.9 Å². The summed E-state index contributed by atoms with van der Waals surface area (Å²) in [5.41, 5.74) is -0.414. The van der Waals surface area contributed by atoms with Gasteiger partial charge in [-0.3, -0.25) is 4.90 Å². The predicted octanol–water partition coefficient (Wildman–Crippen LogP) is -1.01. The van der Waals surface area contributed by atoms with Crippen molar-refractivity contribution in [3.8, 4) is 0 Å². The number of nitrogens with one attached hydrogen (secondary N) is 2. The number of sulfonamides is 1. The van der Waals surface area contributed by atoms with Crippen LogP contribution in [0.25, 0.3) is 0 Å². The number of rotatable bonds is 5. The number of nitrogens with zero attached hydrogens (tertiary/aromatic N) is 1. The second kappa shape index (κ2) is 5.83. The van der Waals surface area contributed by atoms with Crippen LogP contribution in [0, 0.1) is 0 Å². The Morgan fingerprint density at radius 2 is 2.11 bits per heavy atom. The zero-order valence-corrected chi connectivity index (χ0v) is 11.8. The zero-order valence-electron chi connectivity index (χ0n) is 10.9. The average Bonchev–Trinajstić information content (AvgIpc) is 2.74. The van der Waals surface area contributed by atoms with E-state index in [0.29, 0.717) is 19.8 Å². The van der Waals surface area contributed by atoms with Gasteiger partial charge in [-0.05, 0) is 13.3 Å². The summed E-state index contributed by atoms with van der Waals surface area (Å²) in [5, 5.41) is 3.25. The van der Waals surface area contributed by atoms with E-state index in [2.05, 4.69) is 14.9 Å². The molecule has 2 saturated heterocycles. The third-order valence-corrected chi connectivity index (χ3v) is 5.03. The summed E-state index contributed by atoms with van der Waals surface area (Å²) in [6, 6.07) is 0. The predicted molar refractivity (Wildman–Crippen MR) is 70.1 cm³/mol. The number of hydrogen-bond acceptors (Lipinski definition) is 5. The molecule has 0 spiro atoms. The molecular weight excluding hydrogens is 254 g/mol. The van der Waals surface area contributed by atoms with Gasteiger partial charge < -0.3 is 10.1 Å². The summed E-state index contributed by atoms with van der Waals surface area (Å²) in [4.78, 5) is 2.18. The molecule has 2 N–H and O–H groups in total. The topological polar surface area (TPSA) is 70.7 Å². The molecule has 0 radical (unpaired) electrons. The normalized spacial score (nSPS) is 30.7. The highest BCUT2D eigenvalue weighted by atomic mass is 32.2. The molecule has 0 saturated carbocycles. The first-order chi connectivity index (χ1) is 8.49. The Bertz CT molecular complexity index is 360. The second-order valence-electron chi connectivity index (χ2n) is 5.38. The first-order valence-corrected chi connectivity index (χ1v) is 8.17. The van der Waals surface area contributed by atoms with Crippen LogP contribution in [0.4, 0.5) is 0 Å². The van der Waals surface area contributed by atoms with E-state index in [9.17, 15) is 8.42 Å². The van der Waals surface area contributed by atoms with Crippen molar-refractivity contribution in [1.82, 2.24) is 14.9 Å². The quantitative estimate of drug-likeness (QED) is 0.674. The number of piperazine rings is 1. The third kappa shape index (κ3) is 4.17. The largest absolute Gasteiger partial charge is 0.379 e. The number of ether oxygens (including phenoxy) is 1. The molecule has 106 valence electrons. The van der Waals surface area contributed by atoms with Crippen molar-refractivity contribution in [1.29, 1.82) is 0 Å². The van der Waals surface area contributed by atoms with Crippen LogP contribution in [-0.4, -0.2) is 70.5 Å². The Labute approximate surface area is 109 Å². The van der Waals surface area contributed by atoms with Crippen LogP contribution in [0.3, 0.4) is 0 Å². The Balaban J connectivity index is 1.79. The highest BCUT2D eigenvalue weighted by Gasteiger charge is 2.33. The Hall–Kier alpha value is -0.210. The van der Waals surface area contributed by atoms with Crippen molar-refractivity contribution >= 4 is 10.0 Å². The first kappa shape index (κ1) is 14.2. The van der Waals surface area contributed by atoms with Crippen LogP contribution in [0.15, 0.2) is 0 Å². The molecule has 1 atom stereocenters. The summed E-state index contributed by atoms with van der Waals surface area (Å²) in [6.07, 6.45) is 0.750. The highest BCUT2D eigenvalue weighted by molar-refractivity contribution is 7.89. The monoisotopic (exact) mass is 277 g/mol. The molecule has 0 aromatic heterocycles. The molecule has 2 aliphatic heterocycles. The molecule has 2 rings (SSSR count). The molecular formula is C11H23N3O3S. The van der Waals surface area contributed by atoms with Crippen molar-refractivity contribution in [2.45, 2.75) is 18.9 Å². The summed E-state index contributed by atoms with van der Waals surface area (Å²) >= 11 is 0. The fourth-order valence-corrected chi connectivity index (χ4v) is 3.87. The molecule has 0 aromatic rings. The van der Waals surface area contributed by atoms with Crippen molar-refractivity contribution in [3.05, 3.63) is 0 Å². The lowest BCUT2D eigenvalue weighted by Crippen LogP contribution is -2.50. The minimum atomic E-state index is -3.21. The van der Waals surface area contributed by atoms with Gasteiger partial charge in [0.2, 0.25) is 10.0 Å². The summed E-state index contributed by atoms with van der Waals surface area (Å²) in [5.74, 6) is 0.169. The first-order valence-electron chi connectivity index (χ1n) is 6.52. The maximum absolute atomic E-state index is 12.0. The van der Waals surface area contributed by atoms with E-state index < -0.39 is 15.6 Å². The molecule has 2 heterocycles. The lowest BCUT2D eigenvalue weighted by molar-refractivity contribution is 0.178. The standard InChI is InChI=1S/C11H23N3O3S/c1-11(2-8-17-10-11)13-18(15,16)9-7-14-5-3-12-4-6-14/h12-13H,2-10H2,1H3. The minimum Gasteiger partial charge on any atom is -0.379 e. The fraction of sp³-hybridized carbons (Fsp3) is 1.00. The van der Waals surface area contributed by atoms with Gasteiger partial charge in [-0.1, -0.05) is 0 Å². The molecule has 2 fully saturated rings. The fourth-order valence-electron chi connectivity index (χ4n) is 2.36. The molecule has 0 amide bonds. The van der Waals surface area contributed by atoms with E-state index in [1.54, 1.807) is 0 Å². The Morgan fingerprint density at radius 3 is 2.72 bits per heavy atom. The Morgan fingerprint density at radius 1 is 1.39 bits per heavy atom. The van der Waals surface area contributed by atoms with Crippen LogP contribution >= 0.6 is 0 Å². The maximum atomic E-state index is 12.0. The van der Waals surface area contributed by atoms with E-state index in [0.717, 1.165) is 32.6 Å². The maximum Gasteiger partial charge on any atom is 0.213 e. The molecule has 18 heavy (non-hydrogen) atoms. The van der Waals surface area contributed by atoms with E-state index in [-0.39, 0.29) is 5.75 Å². The molecule has 2 aliphatic rings. The van der Waals surface area contributed by atoms with Crippen LogP contribution in [-0.2, 0) is 14.8 Å². The summed E-state index contributed by atoms with van der Waals surface area (Å²) < 4.78 is 32.1. The van der Waals surface area contributed by atoms with E-state index in [1.165, 1.54) is 0 Å². The van der Waals surface area contributed by atoms with Crippen LogP contribution in [0.1, 0.15) is 13.3 Å². The van der Waals surface area contributed by atoms with Gasteiger partial charge in [-0.15, -0.1) is 0 Å². The van der Waals surface area contributed by atoms with Gasteiger partial charge in [0.1, 0.15) is 0 Å². The van der Waals surface area contributed by atoms with Crippen molar-refractivity contribution in [2.24, 2.45) is 0 Å². The molecule has 1 unspecified atom stereocenters. The molecule has 0 bridgehead atoms. The second-order valence-corrected chi connectivity index (χ2v) is 7.22. The zero-order chi connectivity index (χ0) is 13.1. The average molecular weight is 277 g/mol. The van der Waals surface area contributed by atoms with Gasteiger partial charge in [0, 0.05) is 39.3 Å². The molecule has 0 aromatic carbocycles. The van der Waals surface area contributed by atoms with Crippen molar-refractivity contribution in [2.75, 3.05) is 51.7 Å². The summed E-state index contributed by atoms with van der Waals surface area (Å²) in [6.45, 7) is 7.36. The van der Waals surface area contributed by atoms with Gasteiger partial charge in [0.15, 0.2) is 0 Å². The molecule has 7 heteroatoms. The SMILES string of the molecule is CC1(NS(=O)(=O)CCN2CCNCC2)CCOC1. The minimum absolute atomic E-state index is 0.169. The summed E-state index contributed by atoms with van der Waals surface area (Å²) in [7, 11) is -3.21. The van der Waals surface area contributed by atoms with E-state index in [4.69, 9.17) is 4.74 Å². The van der Waals surface area contributed by atoms with Crippen molar-refractivity contribution < 1.29 is 13.2 Å². The number of hydrogen-bond donors (Lipinski definition) is 2. The lowest BCUT2D eigenvalue weighted by atomic mass is 10.0. The van der Waals surface area contributed by atoms with Crippen LogP contribution in [0.5, 0.6) is 0 Å². The highest BCUT2D eigenvalue weighted by Crippen LogP contribution is 2.18. The lowest BCUT2D eigenvalue weighted by Gasteiger charge is -2.28. The molecule has 0 aliphatic carbocycles. The van der Waals surface area contributed by atoms with E-state index >= 15 is 0 Å². The van der Waals surface area contributed by atoms with Gasteiger partial charge in [0.25, 0.3) is 0 Å². The Kier molecular flexibility index (Phi) is 4.60. The molecule has 6 nitrogen and oxygen atoms in total. The van der Waals surface area contributed by atoms with Crippen LogP contribution < -0.4 is 10.0 Å². The van der Waals surface area contributed by atoms with Crippen molar-refractivity contribution in [3.63, 3.8) is 0 Å². The van der Waals surface area contributed by atoms with Crippen LogP contribution in [0.2, 0.25) is 0 Å². The van der Waals surface area contributed by atoms with Gasteiger partial charge >= 0.3 is 0 Å². The third-order valence-electron chi connectivity index (χ3n) is 3.51. The van der Waals surface area contributed by atoms with Gasteiger partial charge in [-0.2, -0.15) is 0 Å².